The zero-order valence-electron chi connectivity index (χ0n) is 11.1. The molecule has 1 aliphatic rings. The van der Waals surface area contributed by atoms with Crippen molar-refractivity contribution in [2.45, 2.75) is 31.1 Å². The molecule has 0 radical (unpaired) electrons. The predicted molar refractivity (Wildman–Crippen MR) is 73.6 cm³/mol. The fourth-order valence-corrected chi connectivity index (χ4v) is 3.13. The standard InChI is InChI=1S/C16H17N3/c1-19-10-8-14(18-19)11-16(12-17)9-4-6-13-5-2-3-7-15(13)16/h2-3,5,7-8,10H,4,6,9,11H2,1H3. The molecule has 1 atom stereocenters. The Hall–Kier alpha value is -2.08. The quantitative estimate of drug-likeness (QED) is 0.823. The highest BCUT2D eigenvalue weighted by molar-refractivity contribution is 5.42. The van der Waals surface area contributed by atoms with E-state index in [1.165, 1.54) is 11.1 Å². The Morgan fingerprint density at radius 1 is 1.37 bits per heavy atom. The Balaban J connectivity index is 2.03. The summed E-state index contributed by atoms with van der Waals surface area (Å²) in [6, 6.07) is 13.0. The summed E-state index contributed by atoms with van der Waals surface area (Å²) in [6.45, 7) is 0. The molecule has 0 N–H and O–H groups in total. The molecule has 0 spiro atoms. The third-order valence-corrected chi connectivity index (χ3v) is 4.05. The van der Waals surface area contributed by atoms with E-state index in [4.69, 9.17) is 0 Å². The van der Waals surface area contributed by atoms with Crippen LogP contribution in [0.25, 0.3) is 0 Å². The largest absolute Gasteiger partial charge is 0.276 e. The number of aryl methyl sites for hydroxylation is 2. The minimum Gasteiger partial charge on any atom is -0.276 e. The molecule has 96 valence electrons. The number of hydrogen-bond acceptors (Lipinski definition) is 2. The average molecular weight is 251 g/mol. The van der Waals surface area contributed by atoms with Crippen molar-refractivity contribution in [3.8, 4) is 6.07 Å². The summed E-state index contributed by atoms with van der Waals surface area (Å²) in [5.74, 6) is 0. The lowest BCUT2D eigenvalue weighted by molar-refractivity contribution is 0.444. The molecule has 1 heterocycles. The van der Waals surface area contributed by atoms with Gasteiger partial charge in [-0.1, -0.05) is 24.3 Å². The van der Waals surface area contributed by atoms with Crippen LogP contribution in [0, 0.1) is 11.3 Å². The lowest BCUT2D eigenvalue weighted by Gasteiger charge is -2.32. The van der Waals surface area contributed by atoms with Gasteiger partial charge >= 0.3 is 0 Å². The van der Waals surface area contributed by atoms with Crippen molar-refractivity contribution in [1.82, 2.24) is 9.78 Å². The fraction of sp³-hybridized carbons (Fsp3) is 0.375. The van der Waals surface area contributed by atoms with Crippen LogP contribution in [-0.4, -0.2) is 9.78 Å². The molecule has 3 nitrogen and oxygen atoms in total. The first-order valence-corrected chi connectivity index (χ1v) is 6.72. The maximum Gasteiger partial charge on any atom is 0.0881 e. The Morgan fingerprint density at radius 2 is 2.21 bits per heavy atom. The second-order valence-corrected chi connectivity index (χ2v) is 5.36. The minimum atomic E-state index is -0.400. The van der Waals surface area contributed by atoms with E-state index >= 15 is 0 Å². The van der Waals surface area contributed by atoms with E-state index in [-0.39, 0.29) is 0 Å². The van der Waals surface area contributed by atoms with E-state index in [0.29, 0.717) is 6.42 Å². The molecule has 1 aromatic heterocycles. The van der Waals surface area contributed by atoms with Crippen LogP contribution in [0.15, 0.2) is 36.5 Å². The summed E-state index contributed by atoms with van der Waals surface area (Å²) in [7, 11) is 1.91. The maximum atomic E-state index is 9.77. The van der Waals surface area contributed by atoms with Gasteiger partial charge in [-0.05, 0) is 36.5 Å². The smallest absolute Gasteiger partial charge is 0.0881 e. The second-order valence-electron chi connectivity index (χ2n) is 5.36. The second kappa shape index (κ2) is 4.55. The zero-order chi connectivity index (χ0) is 13.3. The van der Waals surface area contributed by atoms with Crippen LogP contribution < -0.4 is 0 Å². The molecule has 0 fully saturated rings. The van der Waals surface area contributed by atoms with Crippen molar-refractivity contribution < 1.29 is 0 Å². The van der Waals surface area contributed by atoms with Crippen molar-refractivity contribution in [2.75, 3.05) is 0 Å². The molecule has 0 bridgehead atoms. The summed E-state index contributed by atoms with van der Waals surface area (Å²) in [5, 5.41) is 14.2. The first-order valence-electron chi connectivity index (χ1n) is 6.72. The number of rotatable bonds is 2. The lowest BCUT2D eigenvalue weighted by Crippen LogP contribution is -2.32. The molecule has 2 aromatic rings. The highest BCUT2D eigenvalue weighted by Crippen LogP contribution is 2.39. The van der Waals surface area contributed by atoms with Gasteiger partial charge in [0.2, 0.25) is 0 Å². The highest BCUT2D eigenvalue weighted by Gasteiger charge is 2.37. The zero-order valence-corrected chi connectivity index (χ0v) is 11.1. The SMILES string of the molecule is Cn1ccc(CC2(C#N)CCCc3ccccc32)n1. The summed E-state index contributed by atoms with van der Waals surface area (Å²) >= 11 is 0. The van der Waals surface area contributed by atoms with Crippen LogP contribution in [0.4, 0.5) is 0 Å². The van der Waals surface area contributed by atoms with Crippen molar-refractivity contribution in [3.05, 3.63) is 53.3 Å². The Kier molecular flexibility index (Phi) is 2.87. The van der Waals surface area contributed by atoms with Gasteiger partial charge < -0.3 is 0 Å². The minimum absolute atomic E-state index is 0.400. The number of aromatic nitrogens is 2. The summed E-state index contributed by atoms with van der Waals surface area (Å²) < 4.78 is 1.80. The monoisotopic (exact) mass is 251 g/mol. The van der Waals surface area contributed by atoms with Crippen LogP contribution >= 0.6 is 0 Å². The molecular formula is C16H17N3. The molecule has 3 heteroatoms. The van der Waals surface area contributed by atoms with Gasteiger partial charge in [-0.3, -0.25) is 4.68 Å². The number of benzene rings is 1. The van der Waals surface area contributed by atoms with Gasteiger partial charge in [-0.25, -0.2) is 0 Å². The van der Waals surface area contributed by atoms with Crippen molar-refractivity contribution in [3.63, 3.8) is 0 Å². The summed E-state index contributed by atoms with van der Waals surface area (Å²) in [6.07, 6.45) is 5.74. The van der Waals surface area contributed by atoms with Gasteiger partial charge in [0, 0.05) is 19.7 Å². The van der Waals surface area contributed by atoms with Crippen LogP contribution in [-0.2, 0) is 25.3 Å². The number of nitriles is 1. The van der Waals surface area contributed by atoms with E-state index in [1.54, 1.807) is 4.68 Å². The lowest BCUT2D eigenvalue weighted by atomic mass is 9.68. The van der Waals surface area contributed by atoms with Crippen molar-refractivity contribution in [2.24, 2.45) is 7.05 Å². The normalized spacial score (nSPS) is 21.7. The van der Waals surface area contributed by atoms with Crippen molar-refractivity contribution >= 4 is 0 Å². The van der Waals surface area contributed by atoms with Gasteiger partial charge in [0.15, 0.2) is 0 Å². The van der Waals surface area contributed by atoms with Crippen molar-refractivity contribution in [1.29, 1.82) is 5.26 Å². The van der Waals surface area contributed by atoms with E-state index in [9.17, 15) is 5.26 Å². The Labute approximate surface area is 113 Å². The molecule has 0 saturated carbocycles. The van der Waals surface area contributed by atoms with E-state index in [0.717, 1.165) is 25.0 Å². The van der Waals surface area contributed by atoms with Crippen LogP contribution in [0.1, 0.15) is 29.7 Å². The molecule has 19 heavy (non-hydrogen) atoms. The van der Waals surface area contributed by atoms with Crippen LogP contribution in [0.3, 0.4) is 0 Å². The third kappa shape index (κ3) is 2.04. The molecule has 1 aromatic carbocycles. The Morgan fingerprint density at radius 3 is 2.95 bits per heavy atom. The van der Waals surface area contributed by atoms with Gasteiger partial charge in [0.1, 0.15) is 0 Å². The molecule has 0 aliphatic heterocycles. The maximum absolute atomic E-state index is 9.77. The fourth-order valence-electron chi connectivity index (χ4n) is 3.13. The van der Waals surface area contributed by atoms with E-state index in [2.05, 4.69) is 29.4 Å². The molecule has 0 saturated heterocycles. The molecular weight excluding hydrogens is 234 g/mol. The third-order valence-electron chi connectivity index (χ3n) is 4.05. The first-order chi connectivity index (χ1) is 9.23. The van der Waals surface area contributed by atoms with Crippen LogP contribution in [0.5, 0.6) is 0 Å². The molecule has 3 rings (SSSR count). The van der Waals surface area contributed by atoms with Crippen LogP contribution in [0.2, 0.25) is 0 Å². The summed E-state index contributed by atoms with van der Waals surface area (Å²) in [5.41, 5.74) is 3.13. The van der Waals surface area contributed by atoms with Gasteiger partial charge in [0.25, 0.3) is 0 Å². The Bertz CT molecular complexity index is 635. The number of nitrogens with zero attached hydrogens (tertiary/aromatic N) is 3. The summed E-state index contributed by atoms with van der Waals surface area (Å²) in [4.78, 5) is 0. The molecule has 0 amide bonds. The van der Waals surface area contributed by atoms with Gasteiger partial charge in [-0.2, -0.15) is 10.4 Å². The molecule has 1 unspecified atom stereocenters. The van der Waals surface area contributed by atoms with E-state index < -0.39 is 5.41 Å². The van der Waals surface area contributed by atoms with Gasteiger partial charge in [-0.15, -0.1) is 0 Å². The highest BCUT2D eigenvalue weighted by atomic mass is 15.2. The average Bonchev–Trinajstić information content (AvgIpc) is 2.84. The van der Waals surface area contributed by atoms with Gasteiger partial charge in [0.05, 0.1) is 17.2 Å². The first kappa shape index (κ1) is 12.0. The number of hydrogen-bond donors (Lipinski definition) is 0. The topological polar surface area (TPSA) is 41.6 Å². The molecule has 1 aliphatic carbocycles. The van der Waals surface area contributed by atoms with E-state index in [1.807, 2.05) is 25.4 Å². The number of fused-ring (bicyclic) bond motifs is 1. The predicted octanol–water partition coefficient (Wildman–Crippen LogP) is 2.76.